The third-order valence-electron chi connectivity index (χ3n) is 2.67. The molecule has 14 heavy (non-hydrogen) atoms. The van der Waals surface area contributed by atoms with Crippen molar-refractivity contribution in [2.24, 2.45) is 0 Å². The summed E-state index contributed by atoms with van der Waals surface area (Å²) in [7, 11) is 0. The Bertz CT molecular complexity index is 178. The summed E-state index contributed by atoms with van der Waals surface area (Å²) in [6, 6.07) is 0.424. The van der Waals surface area contributed by atoms with Crippen molar-refractivity contribution in [2.45, 2.75) is 32.2 Å². The number of likely N-dealkylation sites (N-methyl/N-ethyl adjacent to an activating group) is 1. The van der Waals surface area contributed by atoms with Crippen LogP contribution in [-0.2, 0) is 9.53 Å². The molecule has 0 aliphatic carbocycles. The van der Waals surface area contributed by atoms with E-state index in [4.69, 9.17) is 9.84 Å². The van der Waals surface area contributed by atoms with Gasteiger partial charge in [0.25, 0.3) is 0 Å². The normalized spacial score (nSPS) is 22.6. The van der Waals surface area contributed by atoms with Gasteiger partial charge in [-0.05, 0) is 19.4 Å². The summed E-state index contributed by atoms with van der Waals surface area (Å²) in [6.45, 7) is 5.22. The smallest absolute Gasteiger partial charge is 0.304 e. The zero-order valence-corrected chi connectivity index (χ0v) is 8.74. The molecule has 4 heteroatoms. The zero-order valence-electron chi connectivity index (χ0n) is 8.74. The molecule has 1 aliphatic rings. The fourth-order valence-corrected chi connectivity index (χ4v) is 1.85. The number of rotatable bonds is 5. The van der Waals surface area contributed by atoms with Crippen molar-refractivity contribution >= 4 is 5.97 Å². The first-order valence-electron chi connectivity index (χ1n) is 5.27. The molecule has 0 aromatic heterocycles. The number of hydrogen-bond donors (Lipinski definition) is 1. The van der Waals surface area contributed by atoms with Crippen molar-refractivity contribution in [1.82, 2.24) is 4.90 Å². The van der Waals surface area contributed by atoms with Crippen LogP contribution in [0, 0.1) is 0 Å². The van der Waals surface area contributed by atoms with E-state index in [1.54, 1.807) is 0 Å². The van der Waals surface area contributed by atoms with Crippen LogP contribution >= 0.6 is 0 Å². The minimum absolute atomic E-state index is 0.227. The number of aliphatic carboxylic acids is 1. The fourth-order valence-electron chi connectivity index (χ4n) is 1.85. The minimum atomic E-state index is -0.722. The Labute approximate surface area is 84.8 Å². The van der Waals surface area contributed by atoms with Gasteiger partial charge < -0.3 is 9.84 Å². The molecule has 0 aromatic rings. The van der Waals surface area contributed by atoms with E-state index in [1.807, 2.05) is 0 Å². The Morgan fingerprint density at radius 2 is 2.43 bits per heavy atom. The lowest BCUT2D eigenvalue weighted by Crippen LogP contribution is -2.42. The fraction of sp³-hybridized carbons (Fsp3) is 0.900. The molecule has 1 heterocycles. The molecule has 0 aromatic carbocycles. The van der Waals surface area contributed by atoms with Crippen molar-refractivity contribution in [3.8, 4) is 0 Å². The molecule has 0 amide bonds. The molecule has 0 spiro atoms. The van der Waals surface area contributed by atoms with Crippen LogP contribution in [0.1, 0.15) is 26.2 Å². The molecular formula is C10H19NO3. The van der Waals surface area contributed by atoms with Crippen molar-refractivity contribution < 1.29 is 14.6 Å². The third-order valence-corrected chi connectivity index (χ3v) is 2.67. The van der Waals surface area contributed by atoms with E-state index in [2.05, 4.69) is 11.8 Å². The summed E-state index contributed by atoms with van der Waals surface area (Å²) < 4.78 is 5.38. The predicted molar refractivity (Wildman–Crippen MR) is 53.3 cm³/mol. The first kappa shape index (κ1) is 11.5. The summed E-state index contributed by atoms with van der Waals surface area (Å²) >= 11 is 0. The number of carboxylic acid groups (broad SMARTS) is 1. The average molecular weight is 201 g/mol. The largest absolute Gasteiger partial charge is 0.481 e. The molecule has 0 radical (unpaired) electrons. The molecule has 1 atom stereocenters. The highest BCUT2D eigenvalue weighted by atomic mass is 16.5. The maximum Gasteiger partial charge on any atom is 0.304 e. The Hall–Kier alpha value is -0.610. The molecule has 4 nitrogen and oxygen atoms in total. The second-order valence-electron chi connectivity index (χ2n) is 3.64. The summed E-state index contributed by atoms with van der Waals surface area (Å²) in [6.07, 6.45) is 2.45. The van der Waals surface area contributed by atoms with Crippen LogP contribution < -0.4 is 0 Å². The molecule has 1 rings (SSSR count). The number of nitrogens with zero attached hydrogens (tertiary/aromatic N) is 1. The van der Waals surface area contributed by atoms with Gasteiger partial charge >= 0.3 is 5.97 Å². The highest BCUT2D eigenvalue weighted by molar-refractivity contribution is 5.66. The van der Waals surface area contributed by atoms with Crippen LogP contribution in [0.4, 0.5) is 0 Å². The molecule has 1 saturated heterocycles. The van der Waals surface area contributed by atoms with Crippen LogP contribution in [0.2, 0.25) is 0 Å². The lowest BCUT2D eigenvalue weighted by molar-refractivity contribution is -0.137. The Morgan fingerprint density at radius 1 is 1.64 bits per heavy atom. The SMILES string of the molecule is CCN(CCC(=O)O)C1CCCOC1. The van der Waals surface area contributed by atoms with Crippen LogP contribution in [0.15, 0.2) is 0 Å². The van der Waals surface area contributed by atoms with Crippen LogP contribution in [-0.4, -0.2) is 48.3 Å². The lowest BCUT2D eigenvalue weighted by atomic mass is 10.1. The average Bonchev–Trinajstić information content (AvgIpc) is 2.20. The van der Waals surface area contributed by atoms with Crippen molar-refractivity contribution in [2.75, 3.05) is 26.3 Å². The summed E-state index contributed by atoms with van der Waals surface area (Å²) in [5, 5.41) is 8.60. The van der Waals surface area contributed by atoms with Gasteiger partial charge in [-0.3, -0.25) is 9.69 Å². The van der Waals surface area contributed by atoms with E-state index in [1.165, 1.54) is 0 Å². The standard InChI is InChI=1S/C10H19NO3/c1-2-11(6-5-10(12)13)9-4-3-7-14-8-9/h9H,2-8H2,1H3,(H,12,13). The maximum atomic E-state index is 10.4. The van der Waals surface area contributed by atoms with Crippen molar-refractivity contribution in [3.05, 3.63) is 0 Å². The van der Waals surface area contributed by atoms with E-state index in [0.717, 1.165) is 32.6 Å². The van der Waals surface area contributed by atoms with Gasteiger partial charge in [-0.1, -0.05) is 6.92 Å². The number of carboxylic acids is 1. The molecule has 0 saturated carbocycles. The monoisotopic (exact) mass is 201 g/mol. The first-order chi connectivity index (χ1) is 6.74. The second kappa shape index (κ2) is 5.98. The summed E-state index contributed by atoms with van der Waals surface area (Å²) in [5.74, 6) is -0.722. The van der Waals surface area contributed by atoms with E-state index in [0.29, 0.717) is 12.6 Å². The van der Waals surface area contributed by atoms with Crippen molar-refractivity contribution in [1.29, 1.82) is 0 Å². The summed E-state index contributed by atoms with van der Waals surface area (Å²) in [4.78, 5) is 12.6. The van der Waals surface area contributed by atoms with Gasteiger partial charge in [0.1, 0.15) is 0 Å². The quantitative estimate of drug-likeness (QED) is 0.720. The molecule has 1 aliphatic heterocycles. The van der Waals surface area contributed by atoms with Gasteiger partial charge in [-0.25, -0.2) is 0 Å². The van der Waals surface area contributed by atoms with E-state index < -0.39 is 5.97 Å². The minimum Gasteiger partial charge on any atom is -0.481 e. The highest BCUT2D eigenvalue weighted by Gasteiger charge is 2.20. The third kappa shape index (κ3) is 3.64. The topological polar surface area (TPSA) is 49.8 Å². The second-order valence-corrected chi connectivity index (χ2v) is 3.64. The highest BCUT2D eigenvalue weighted by Crippen LogP contribution is 2.13. The number of hydrogen-bond acceptors (Lipinski definition) is 3. The van der Waals surface area contributed by atoms with Gasteiger partial charge in [0.05, 0.1) is 13.0 Å². The molecule has 1 fully saturated rings. The van der Waals surface area contributed by atoms with Gasteiger partial charge in [0.15, 0.2) is 0 Å². The predicted octanol–water partition coefficient (Wildman–Crippen LogP) is 0.962. The Balaban J connectivity index is 2.31. The Morgan fingerprint density at radius 3 is 2.93 bits per heavy atom. The van der Waals surface area contributed by atoms with Crippen molar-refractivity contribution in [3.63, 3.8) is 0 Å². The van der Waals surface area contributed by atoms with Gasteiger partial charge in [-0.15, -0.1) is 0 Å². The van der Waals surface area contributed by atoms with Gasteiger partial charge in [0, 0.05) is 19.2 Å². The Kier molecular flexibility index (Phi) is 4.90. The zero-order chi connectivity index (χ0) is 10.4. The first-order valence-corrected chi connectivity index (χ1v) is 5.27. The van der Waals surface area contributed by atoms with Crippen LogP contribution in [0.25, 0.3) is 0 Å². The van der Waals surface area contributed by atoms with Crippen LogP contribution in [0.3, 0.4) is 0 Å². The molecule has 82 valence electrons. The van der Waals surface area contributed by atoms with E-state index in [9.17, 15) is 4.79 Å². The lowest BCUT2D eigenvalue weighted by Gasteiger charge is -2.32. The summed E-state index contributed by atoms with van der Waals surface area (Å²) in [5.41, 5.74) is 0. The molecular weight excluding hydrogens is 182 g/mol. The number of carbonyl (C=O) groups is 1. The molecule has 1 N–H and O–H groups in total. The van der Waals surface area contributed by atoms with E-state index in [-0.39, 0.29) is 6.42 Å². The van der Waals surface area contributed by atoms with E-state index >= 15 is 0 Å². The van der Waals surface area contributed by atoms with Gasteiger partial charge in [0.2, 0.25) is 0 Å². The number of ether oxygens (including phenoxy) is 1. The van der Waals surface area contributed by atoms with Gasteiger partial charge in [-0.2, -0.15) is 0 Å². The van der Waals surface area contributed by atoms with Crippen LogP contribution in [0.5, 0.6) is 0 Å². The molecule has 1 unspecified atom stereocenters. The molecule has 0 bridgehead atoms. The maximum absolute atomic E-state index is 10.4.